The molecule has 2 aromatic carbocycles. The molecule has 1 unspecified atom stereocenters. The van der Waals surface area contributed by atoms with Crippen LogP contribution in [0.4, 0.5) is 0 Å². The van der Waals surface area contributed by atoms with Crippen molar-refractivity contribution < 1.29 is 0 Å². The molecule has 0 saturated heterocycles. The Balaban J connectivity index is 2.31. The predicted molar refractivity (Wildman–Crippen MR) is 79.6 cm³/mol. The second-order valence-electron chi connectivity index (χ2n) is 5.18. The maximum Gasteiger partial charge on any atom is 0.133 e. The number of rotatable bonds is 1. The zero-order valence-electron chi connectivity index (χ0n) is 11.4. The monoisotopic (exact) mass is 258 g/mol. The van der Waals surface area contributed by atoms with Crippen LogP contribution in [0.15, 0.2) is 42.0 Å². The Kier molecular flexibility index (Phi) is 3.01. The number of fused-ring (bicyclic) bond motifs is 2. The summed E-state index contributed by atoms with van der Waals surface area (Å²) < 4.78 is 0. The van der Waals surface area contributed by atoms with Crippen molar-refractivity contribution in [3.05, 3.63) is 53.1 Å². The molecule has 96 valence electrons. The van der Waals surface area contributed by atoms with E-state index in [9.17, 15) is 10.5 Å². The fourth-order valence-corrected chi connectivity index (χ4v) is 3.13. The summed E-state index contributed by atoms with van der Waals surface area (Å²) in [5.74, 6) is 0.288. The zero-order valence-corrected chi connectivity index (χ0v) is 11.4. The lowest BCUT2D eigenvalue weighted by Gasteiger charge is -2.09. The molecule has 20 heavy (non-hydrogen) atoms. The highest BCUT2D eigenvalue weighted by molar-refractivity contribution is 5.91. The SMILES string of the molecule is CCC1Cc2cc3ccccc3cc2C1=C(C#N)C#N. The van der Waals surface area contributed by atoms with E-state index in [4.69, 9.17) is 0 Å². The van der Waals surface area contributed by atoms with Gasteiger partial charge in [0.1, 0.15) is 17.7 Å². The molecule has 2 nitrogen and oxygen atoms in total. The van der Waals surface area contributed by atoms with Crippen molar-refractivity contribution in [3.8, 4) is 12.1 Å². The van der Waals surface area contributed by atoms with Crippen molar-refractivity contribution in [3.63, 3.8) is 0 Å². The maximum absolute atomic E-state index is 9.21. The minimum atomic E-state index is 0.269. The van der Waals surface area contributed by atoms with Gasteiger partial charge < -0.3 is 0 Å². The van der Waals surface area contributed by atoms with E-state index in [2.05, 4.69) is 43.3 Å². The molecule has 0 amide bonds. The number of nitrogens with zero attached hydrogens (tertiary/aromatic N) is 2. The van der Waals surface area contributed by atoms with Crippen molar-refractivity contribution in [1.82, 2.24) is 0 Å². The highest BCUT2D eigenvalue weighted by Crippen LogP contribution is 2.42. The standard InChI is InChI=1S/C18H14N2/c1-2-12-7-15-8-13-5-3-4-6-14(13)9-17(15)18(12)16(10-19)11-20/h3-6,8-9,12H,2,7H2,1H3. The third kappa shape index (κ3) is 1.78. The summed E-state index contributed by atoms with van der Waals surface area (Å²) >= 11 is 0. The van der Waals surface area contributed by atoms with Crippen LogP contribution in [0.5, 0.6) is 0 Å². The Morgan fingerprint density at radius 3 is 2.40 bits per heavy atom. The van der Waals surface area contributed by atoms with E-state index in [1.165, 1.54) is 10.9 Å². The van der Waals surface area contributed by atoms with E-state index in [1.807, 2.05) is 12.1 Å². The van der Waals surface area contributed by atoms with E-state index in [0.717, 1.165) is 29.4 Å². The molecule has 1 aliphatic rings. The average molecular weight is 258 g/mol. The van der Waals surface area contributed by atoms with Crippen LogP contribution >= 0.6 is 0 Å². The van der Waals surface area contributed by atoms with Crippen molar-refractivity contribution in [1.29, 1.82) is 10.5 Å². The summed E-state index contributed by atoms with van der Waals surface area (Å²) in [6.45, 7) is 2.11. The van der Waals surface area contributed by atoms with Gasteiger partial charge in [0.05, 0.1) is 0 Å². The van der Waals surface area contributed by atoms with Gasteiger partial charge in [0.2, 0.25) is 0 Å². The normalized spacial score (nSPS) is 16.6. The molecule has 0 aliphatic heterocycles. The van der Waals surface area contributed by atoms with E-state index < -0.39 is 0 Å². The Labute approximate surface area is 118 Å². The van der Waals surface area contributed by atoms with Crippen LogP contribution in [0.25, 0.3) is 16.3 Å². The summed E-state index contributed by atoms with van der Waals surface area (Å²) in [7, 11) is 0. The number of allylic oxidation sites excluding steroid dienone is 2. The van der Waals surface area contributed by atoms with Crippen LogP contribution in [0.1, 0.15) is 24.5 Å². The Morgan fingerprint density at radius 1 is 1.15 bits per heavy atom. The second kappa shape index (κ2) is 4.83. The fraction of sp³-hybridized carbons (Fsp3) is 0.222. The van der Waals surface area contributed by atoms with Gasteiger partial charge in [-0.15, -0.1) is 0 Å². The predicted octanol–water partition coefficient (Wildman–Crippen LogP) is 4.22. The first-order valence-electron chi connectivity index (χ1n) is 6.85. The number of hydrogen-bond acceptors (Lipinski definition) is 2. The molecular formula is C18H14N2. The summed E-state index contributed by atoms with van der Waals surface area (Å²) in [6, 6.07) is 16.7. The first kappa shape index (κ1) is 12.5. The van der Waals surface area contributed by atoms with Crippen molar-refractivity contribution in [2.45, 2.75) is 19.8 Å². The van der Waals surface area contributed by atoms with Gasteiger partial charge in [-0.3, -0.25) is 0 Å². The van der Waals surface area contributed by atoms with Gasteiger partial charge in [-0.25, -0.2) is 0 Å². The summed E-state index contributed by atoms with van der Waals surface area (Å²) in [5.41, 5.74) is 3.56. The third-order valence-electron chi connectivity index (χ3n) is 4.12. The van der Waals surface area contributed by atoms with Crippen molar-refractivity contribution in [2.75, 3.05) is 0 Å². The quantitative estimate of drug-likeness (QED) is 0.719. The van der Waals surface area contributed by atoms with Gasteiger partial charge in [-0.05, 0) is 52.3 Å². The smallest absolute Gasteiger partial charge is 0.133 e. The molecule has 0 heterocycles. The minimum Gasteiger partial charge on any atom is -0.192 e. The third-order valence-corrected chi connectivity index (χ3v) is 4.12. The lowest BCUT2D eigenvalue weighted by Crippen LogP contribution is -1.98. The van der Waals surface area contributed by atoms with Crippen molar-refractivity contribution in [2.24, 2.45) is 5.92 Å². The highest BCUT2D eigenvalue weighted by atomic mass is 14.4. The average Bonchev–Trinajstić information content (AvgIpc) is 2.84. The van der Waals surface area contributed by atoms with E-state index >= 15 is 0 Å². The highest BCUT2D eigenvalue weighted by Gasteiger charge is 2.29. The van der Waals surface area contributed by atoms with Crippen LogP contribution in [0, 0.1) is 28.6 Å². The van der Waals surface area contributed by atoms with Crippen LogP contribution in [0.2, 0.25) is 0 Å². The number of hydrogen-bond donors (Lipinski definition) is 0. The van der Waals surface area contributed by atoms with Crippen LogP contribution < -0.4 is 0 Å². The van der Waals surface area contributed by atoms with Crippen LogP contribution in [-0.4, -0.2) is 0 Å². The molecule has 0 fully saturated rings. The van der Waals surface area contributed by atoms with Gasteiger partial charge in [0.25, 0.3) is 0 Å². The van der Waals surface area contributed by atoms with Crippen LogP contribution in [-0.2, 0) is 6.42 Å². The minimum absolute atomic E-state index is 0.269. The van der Waals surface area contributed by atoms with Gasteiger partial charge in [-0.2, -0.15) is 10.5 Å². The number of nitriles is 2. The molecule has 1 aliphatic carbocycles. The lowest BCUT2D eigenvalue weighted by atomic mass is 9.93. The summed E-state index contributed by atoms with van der Waals surface area (Å²) in [4.78, 5) is 0. The van der Waals surface area contributed by atoms with Gasteiger partial charge in [-0.1, -0.05) is 37.3 Å². The molecule has 0 N–H and O–H groups in total. The number of benzene rings is 2. The maximum atomic E-state index is 9.21. The lowest BCUT2D eigenvalue weighted by molar-refractivity contribution is 0.667. The second-order valence-corrected chi connectivity index (χ2v) is 5.18. The molecule has 2 aromatic rings. The van der Waals surface area contributed by atoms with Crippen molar-refractivity contribution >= 4 is 16.3 Å². The van der Waals surface area contributed by atoms with E-state index in [-0.39, 0.29) is 11.5 Å². The Hall–Kier alpha value is -2.58. The zero-order chi connectivity index (χ0) is 14.1. The molecular weight excluding hydrogens is 244 g/mol. The first-order valence-corrected chi connectivity index (χ1v) is 6.85. The Morgan fingerprint density at radius 2 is 1.80 bits per heavy atom. The molecule has 0 saturated carbocycles. The molecule has 3 rings (SSSR count). The topological polar surface area (TPSA) is 47.6 Å². The molecule has 2 heteroatoms. The van der Waals surface area contributed by atoms with E-state index in [0.29, 0.717) is 0 Å². The van der Waals surface area contributed by atoms with Crippen LogP contribution in [0.3, 0.4) is 0 Å². The molecule has 0 aromatic heterocycles. The Bertz CT molecular complexity index is 784. The first-order chi connectivity index (χ1) is 9.78. The van der Waals surface area contributed by atoms with Gasteiger partial charge in [0.15, 0.2) is 0 Å². The molecule has 0 radical (unpaired) electrons. The largest absolute Gasteiger partial charge is 0.192 e. The molecule has 0 spiro atoms. The van der Waals surface area contributed by atoms with Gasteiger partial charge >= 0.3 is 0 Å². The summed E-state index contributed by atoms with van der Waals surface area (Å²) in [6.07, 6.45) is 1.88. The van der Waals surface area contributed by atoms with E-state index in [1.54, 1.807) is 0 Å². The molecule has 1 atom stereocenters. The van der Waals surface area contributed by atoms with Gasteiger partial charge in [0, 0.05) is 0 Å². The molecule has 0 bridgehead atoms. The fourth-order valence-electron chi connectivity index (χ4n) is 3.13. The summed E-state index contributed by atoms with van der Waals surface area (Å²) in [5, 5.41) is 20.8.